The predicted molar refractivity (Wildman–Crippen MR) is 265 cm³/mol. The molecule has 0 saturated heterocycles. The number of nitrogens with two attached hydrogens (primary N) is 1. The minimum absolute atomic E-state index is 0.0716. The van der Waals surface area contributed by atoms with Crippen LogP contribution in [-0.4, -0.2) is 68.1 Å². The summed E-state index contributed by atoms with van der Waals surface area (Å²) in [5.74, 6) is -0.781. The summed E-state index contributed by atoms with van der Waals surface area (Å²) in [7, 11) is -4.70. The first-order valence-corrected chi connectivity index (χ1v) is 27.1. The van der Waals surface area contributed by atoms with Crippen LogP contribution < -0.4 is 15.8 Å². The number of carbonyl (C=O) groups excluding carboxylic acids is 4. The molecule has 378 valence electrons. The topological polar surface area (TPSA) is 190 Å². The summed E-state index contributed by atoms with van der Waals surface area (Å²) >= 11 is 0. The van der Waals surface area contributed by atoms with Crippen molar-refractivity contribution in [1.29, 1.82) is 0 Å². The predicted octanol–water partition coefficient (Wildman–Crippen LogP) is 13.0. The summed E-state index contributed by atoms with van der Waals surface area (Å²) in [6.07, 6.45) is 39.3. The van der Waals surface area contributed by atoms with Crippen LogP contribution in [-0.2, 0) is 37.5 Å². The van der Waals surface area contributed by atoms with Gasteiger partial charge in [0, 0.05) is 43.1 Å². The molecular weight excluding hydrogens is 860 g/mol. The van der Waals surface area contributed by atoms with Gasteiger partial charge in [0.25, 0.3) is 0 Å². The molecule has 4 N–H and O–H groups in total. The fourth-order valence-electron chi connectivity index (χ4n) is 7.14. The zero-order valence-corrected chi connectivity index (χ0v) is 41.9. The number of ether oxygens (including phenoxy) is 3. The number of phosphoric acid groups is 1. The number of hydrogen-bond acceptors (Lipinski definition) is 11. The van der Waals surface area contributed by atoms with Crippen molar-refractivity contribution in [3.8, 4) is 5.75 Å². The van der Waals surface area contributed by atoms with Gasteiger partial charge in [-0.1, -0.05) is 141 Å². The first-order valence-electron chi connectivity index (χ1n) is 25.6. The van der Waals surface area contributed by atoms with Gasteiger partial charge in [0.2, 0.25) is 5.91 Å². The van der Waals surface area contributed by atoms with Crippen molar-refractivity contribution >= 4 is 37.6 Å². The number of hydrogen-bond donors (Lipinski definition) is 3. The summed E-state index contributed by atoms with van der Waals surface area (Å²) in [6.45, 7) is 3.50. The molecule has 0 aliphatic rings. The van der Waals surface area contributed by atoms with Crippen molar-refractivity contribution in [3.63, 3.8) is 0 Å². The van der Waals surface area contributed by atoms with E-state index in [1.165, 1.54) is 83.1 Å². The van der Waals surface area contributed by atoms with Crippen molar-refractivity contribution in [2.75, 3.05) is 38.7 Å². The largest absolute Gasteiger partial charge is 0.494 e. The van der Waals surface area contributed by atoms with Crippen LogP contribution in [0.3, 0.4) is 0 Å². The van der Waals surface area contributed by atoms with Crippen molar-refractivity contribution < 1.29 is 51.9 Å². The molecule has 0 spiro atoms. The number of allylic oxidation sites excluding steroid dienone is 4. The summed E-state index contributed by atoms with van der Waals surface area (Å²) in [6, 6.07) is 4.71. The lowest BCUT2D eigenvalue weighted by atomic mass is 10.1. The molecule has 0 aliphatic carbocycles. The number of carbonyl (C=O) groups is 4. The standard InChI is InChI=1S/C52H89N2O11P/c1-3-5-7-9-11-13-15-17-19-21-23-25-27-29-31-35-51(57)62-44-48(45-63-52(58)36-32-30-28-26-24-22-20-18-16-14-12-10-8-6-4-2)65-66(59,60)64-41-39-54-50(56)34-33-40-61-47-38-37-46(43-55)49(53)42-47/h17-20,37-38,42-43,48H,3-16,21-36,39-41,44-45,53H2,1-2H3,(H,54,56)(H,59,60)/b19-17-,20-18-. The van der Waals surface area contributed by atoms with Gasteiger partial charge in [-0.15, -0.1) is 0 Å². The molecule has 1 aromatic carbocycles. The molecule has 14 heteroatoms. The first kappa shape index (κ1) is 60.5. The number of benzene rings is 1. The van der Waals surface area contributed by atoms with Gasteiger partial charge in [0.05, 0.1) is 13.2 Å². The molecule has 0 radical (unpaired) electrons. The van der Waals surface area contributed by atoms with Gasteiger partial charge in [-0.2, -0.15) is 0 Å². The molecule has 66 heavy (non-hydrogen) atoms. The minimum Gasteiger partial charge on any atom is -0.494 e. The molecule has 0 bridgehead atoms. The van der Waals surface area contributed by atoms with E-state index in [9.17, 15) is 28.6 Å². The lowest BCUT2D eigenvalue weighted by Crippen LogP contribution is -2.29. The van der Waals surface area contributed by atoms with Gasteiger partial charge >= 0.3 is 19.8 Å². The van der Waals surface area contributed by atoms with E-state index >= 15 is 0 Å². The van der Waals surface area contributed by atoms with Crippen molar-refractivity contribution in [1.82, 2.24) is 5.32 Å². The molecule has 1 unspecified atom stereocenters. The highest BCUT2D eigenvalue weighted by Gasteiger charge is 2.29. The third-order valence-electron chi connectivity index (χ3n) is 11.1. The van der Waals surface area contributed by atoms with E-state index in [0.717, 1.165) is 77.0 Å². The second-order valence-electron chi connectivity index (χ2n) is 17.3. The van der Waals surface area contributed by atoms with Gasteiger partial charge in [-0.05, 0) is 82.8 Å². The van der Waals surface area contributed by atoms with Crippen LogP contribution in [0.25, 0.3) is 0 Å². The highest BCUT2D eigenvalue weighted by Crippen LogP contribution is 2.44. The fourth-order valence-corrected chi connectivity index (χ4v) is 8.02. The number of aldehydes is 1. The molecule has 0 heterocycles. The Hall–Kier alpha value is -3.51. The molecule has 1 amide bonds. The molecule has 1 rings (SSSR count). The number of amides is 1. The number of esters is 2. The van der Waals surface area contributed by atoms with Crippen LogP contribution >= 0.6 is 7.82 Å². The van der Waals surface area contributed by atoms with Crippen LogP contribution in [0.4, 0.5) is 5.69 Å². The zero-order chi connectivity index (χ0) is 48.2. The van der Waals surface area contributed by atoms with Crippen LogP contribution in [0.15, 0.2) is 42.5 Å². The SMILES string of the molecule is CCCCCCCC/C=C\CCCCCCCC(=O)OCC(COC(=O)CCCCCCC/C=C\CCCCCCCC)OP(=O)(O)OCCNC(=O)CCCOc1ccc(C=O)c(N)c1. The monoisotopic (exact) mass is 949 g/mol. The smallest absolute Gasteiger partial charge is 0.472 e. The Balaban J connectivity index is 2.42. The molecule has 0 aromatic heterocycles. The third kappa shape index (κ3) is 37.6. The Kier molecular flexibility index (Phi) is 39.3. The van der Waals surface area contributed by atoms with E-state index in [-0.39, 0.29) is 44.9 Å². The number of nitrogens with one attached hydrogen (secondary N) is 1. The fraction of sp³-hybridized carbons (Fsp3) is 0.731. The van der Waals surface area contributed by atoms with Gasteiger partial charge in [0.15, 0.2) is 6.29 Å². The zero-order valence-electron chi connectivity index (χ0n) is 41.0. The van der Waals surface area contributed by atoms with Crippen LogP contribution in [0, 0.1) is 0 Å². The quantitative estimate of drug-likeness (QED) is 0.0140. The maximum atomic E-state index is 12.9. The number of anilines is 1. The average Bonchev–Trinajstić information content (AvgIpc) is 3.30. The molecule has 1 aromatic rings. The number of rotatable bonds is 46. The summed E-state index contributed by atoms with van der Waals surface area (Å²) in [5, 5.41) is 2.61. The summed E-state index contributed by atoms with van der Waals surface area (Å²) in [5.41, 5.74) is 6.46. The Morgan fingerprint density at radius 1 is 0.636 bits per heavy atom. The van der Waals surface area contributed by atoms with E-state index in [1.807, 2.05) is 0 Å². The van der Waals surface area contributed by atoms with E-state index in [4.69, 9.17) is 29.0 Å². The lowest BCUT2D eigenvalue weighted by molar-refractivity contribution is -0.152. The second kappa shape index (κ2) is 42.8. The number of phosphoric ester groups is 1. The normalized spacial score (nSPS) is 12.5. The minimum atomic E-state index is -4.70. The highest BCUT2D eigenvalue weighted by atomic mass is 31.2. The van der Waals surface area contributed by atoms with E-state index in [1.54, 1.807) is 12.1 Å². The maximum Gasteiger partial charge on any atom is 0.472 e. The average molecular weight is 949 g/mol. The number of nitrogen functional groups attached to an aromatic ring is 1. The Bertz CT molecular complexity index is 1450. The maximum absolute atomic E-state index is 12.9. The van der Waals surface area contributed by atoms with Gasteiger partial charge in [0.1, 0.15) is 25.1 Å². The third-order valence-corrected chi connectivity index (χ3v) is 12.2. The lowest BCUT2D eigenvalue weighted by Gasteiger charge is -2.21. The first-order chi connectivity index (χ1) is 32.1. The molecule has 13 nitrogen and oxygen atoms in total. The molecule has 0 saturated carbocycles. The molecular formula is C52H89N2O11P. The van der Waals surface area contributed by atoms with Crippen molar-refractivity contribution in [2.24, 2.45) is 0 Å². The Labute approximate surface area is 398 Å². The van der Waals surface area contributed by atoms with Crippen LogP contribution in [0.2, 0.25) is 0 Å². The van der Waals surface area contributed by atoms with Gasteiger partial charge in [-0.3, -0.25) is 28.2 Å². The second-order valence-corrected chi connectivity index (χ2v) is 18.7. The Morgan fingerprint density at radius 2 is 1.09 bits per heavy atom. The van der Waals surface area contributed by atoms with E-state index < -0.39 is 39.1 Å². The van der Waals surface area contributed by atoms with E-state index in [2.05, 4.69) is 43.5 Å². The van der Waals surface area contributed by atoms with E-state index in [0.29, 0.717) is 42.5 Å². The molecule has 0 aliphatic heterocycles. The van der Waals surface area contributed by atoms with Gasteiger partial charge < -0.3 is 30.2 Å². The molecule has 1 atom stereocenters. The van der Waals surface area contributed by atoms with Gasteiger partial charge in [-0.25, -0.2) is 4.57 Å². The highest BCUT2D eigenvalue weighted by molar-refractivity contribution is 7.47. The van der Waals surface area contributed by atoms with Crippen molar-refractivity contribution in [2.45, 2.75) is 213 Å². The molecule has 0 fully saturated rings. The van der Waals surface area contributed by atoms with Crippen LogP contribution in [0.1, 0.15) is 217 Å². The van der Waals surface area contributed by atoms with Crippen LogP contribution in [0.5, 0.6) is 5.75 Å². The Morgan fingerprint density at radius 3 is 1.55 bits per heavy atom. The summed E-state index contributed by atoms with van der Waals surface area (Å²) < 4.78 is 39.7. The van der Waals surface area contributed by atoms with Crippen molar-refractivity contribution in [3.05, 3.63) is 48.1 Å². The number of unbranched alkanes of at least 4 members (excludes halogenated alkanes) is 22. The summed E-state index contributed by atoms with van der Waals surface area (Å²) in [4.78, 5) is 58.9.